The Hall–Kier alpha value is -5.73. The number of piperidine rings is 1. The average Bonchev–Trinajstić information content (AvgIpc) is 3.27. The highest BCUT2D eigenvalue weighted by molar-refractivity contribution is 5.89. The van der Waals surface area contributed by atoms with E-state index in [-0.39, 0.29) is 37.8 Å². The fourth-order valence-corrected chi connectivity index (χ4v) is 7.36. The highest BCUT2D eigenvalue weighted by atomic mass is 16.9. The van der Waals surface area contributed by atoms with Crippen molar-refractivity contribution in [2.24, 2.45) is 0 Å². The molecule has 0 aliphatic carbocycles. The van der Waals surface area contributed by atoms with Crippen molar-refractivity contribution in [1.82, 2.24) is 5.32 Å². The number of methoxy groups -OCH3 is 2. The zero-order valence-corrected chi connectivity index (χ0v) is 34.4. The van der Waals surface area contributed by atoms with E-state index >= 15 is 0 Å². The summed E-state index contributed by atoms with van der Waals surface area (Å²) in [6, 6.07) is 35.1. The zero-order chi connectivity index (χ0) is 42.1. The van der Waals surface area contributed by atoms with Crippen molar-refractivity contribution in [3.8, 4) is 17.2 Å². The second kappa shape index (κ2) is 22.6. The second-order valence-electron chi connectivity index (χ2n) is 14.6. The standard InChI is InChI=1S/C47H54N2O11/c1-4-39(60-46(50)26-33-11-9-12-34(23-33)30-59-49(51)52)32-58-45-28-48-27-44(57-29-35-24-37-13-5-7-15-41(37)43(25-35)54-3)47(45)36-17-19-40(20-18-36)56-22-10-21-55-31-38-14-6-8-16-42(38)53-2/h5-9,11-20,23-25,39,44-45,47-48H,4,10,21-22,26-32H2,1-3H3. The Morgan fingerprint density at radius 2 is 1.53 bits per heavy atom. The van der Waals surface area contributed by atoms with E-state index < -0.39 is 17.2 Å². The molecule has 0 saturated carbocycles. The Morgan fingerprint density at radius 3 is 2.32 bits per heavy atom. The van der Waals surface area contributed by atoms with Crippen molar-refractivity contribution in [2.45, 2.75) is 70.2 Å². The summed E-state index contributed by atoms with van der Waals surface area (Å²) in [5.74, 6) is 1.79. The van der Waals surface area contributed by atoms with Crippen LogP contribution in [0, 0.1) is 10.1 Å². The Kier molecular flexibility index (Phi) is 16.5. The molecule has 5 aromatic carbocycles. The molecule has 4 atom stereocenters. The molecular weight excluding hydrogens is 769 g/mol. The van der Waals surface area contributed by atoms with Crippen LogP contribution in [0.4, 0.5) is 0 Å². The van der Waals surface area contributed by atoms with E-state index in [9.17, 15) is 14.9 Å². The summed E-state index contributed by atoms with van der Waals surface area (Å²) in [5.41, 5.74) is 4.30. The van der Waals surface area contributed by atoms with Crippen molar-refractivity contribution in [1.29, 1.82) is 0 Å². The molecule has 6 rings (SSSR count). The number of esters is 1. The van der Waals surface area contributed by atoms with Gasteiger partial charge >= 0.3 is 5.97 Å². The lowest BCUT2D eigenvalue weighted by Gasteiger charge is -2.39. The van der Waals surface area contributed by atoms with Gasteiger partial charge in [-0.25, -0.2) is 0 Å². The topological polar surface area (TPSA) is 146 Å². The summed E-state index contributed by atoms with van der Waals surface area (Å²) in [6.07, 6.45) is 0.256. The monoisotopic (exact) mass is 822 g/mol. The number of carbonyl (C=O) groups excluding carboxylic acids is 1. The van der Waals surface area contributed by atoms with Gasteiger partial charge in [0.1, 0.15) is 30.0 Å². The van der Waals surface area contributed by atoms with Crippen molar-refractivity contribution in [3.63, 3.8) is 0 Å². The summed E-state index contributed by atoms with van der Waals surface area (Å²) in [6.45, 7) is 5.02. The Bertz CT molecular complexity index is 2130. The van der Waals surface area contributed by atoms with E-state index in [0.29, 0.717) is 57.1 Å². The first-order valence-electron chi connectivity index (χ1n) is 20.3. The van der Waals surface area contributed by atoms with Crippen LogP contribution in [0.1, 0.15) is 53.5 Å². The van der Waals surface area contributed by atoms with Gasteiger partial charge in [-0.15, -0.1) is 10.1 Å². The van der Waals surface area contributed by atoms with Gasteiger partial charge in [0.2, 0.25) is 0 Å². The molecule has 5 aromatic rings. The fourth-order valence-electron chi connectivity index (χ4n) is 7.36. The van der Waals surface area contributed by atoms with Gasteiger partial charge in [0, 0.05) is 36.4 Å². The van der Waals surface area contributed by atoms with Crippen LogP contribution in [0.2, 0.25) is 0 Å². The molecule has 0 spiro atoms. The lowest BCUT2D eigenvalue weighted by Crippen LogP contribution is -2.51. The molecular formula is C47H54N2O11. The lowest BCUT2D eigenvalue weighted by atomic mass is 9.85. The predicted octanol–water partition coefficient (Wildman–Crippen LogP) is 7.77. The third-order valence-corrected chi connectivity index (χ3v) is 10.4. The molecule has 13 heteroatoms. The van der Waals surface area contributed by atoms with E-state index in [4.69, 9.17) is 33.2 Å². The molecule has 1 N–H and O–H groups in total. The molecule has 0 amide bonds. The molecule has 1 aliphatic heterocycles. The summed E-state index contributed by atoms with van der Waals surface area (Å²) in [7, 11) is 3.33. The third kappa shape index (κ3) is 12.6. The minimum absolute atomic E-state index is 0.0102. The average molecular weight is 823 g/mol. The molecule has 0 aromatic heterocycles. The first-order chi connectivity index (χ1) is 29.3. The molecule has 318 valence electrons. The van der Waals surface area contributed by atoms with Gasteiger partial charge in [-0.3, -0.25) is 4.79 Å². The second-order valence-corrected chi connectivity index (χ2v) is 14.6. The highest BCUT2D eigenvalue weighted by Gasteiger charge is 2.37. The van der Waals surface area contributed by atoms with Gasteiger partial charge in [0.05, 0.1) is 65.9 Å². The molecule has 13 nitrogen and oxygen atoms in total. The number of fused-ring (bicyclic) bond motifs is 1. The first kappa shape index (κ1) is 43.8. The maximum Gasteiger partial charge on any atom is 0.310 e. The van der Waals surface area contributed by atoms with Gasteiger partial charge in [-0.2, -0.15) is 0 Å². The summed E-state index contributed by atoms with van der Waals surface area (Å²) < 4.78 is 42.3. The van der Waals surface area contributed by atoms with Gasteiger partial charge < -0.3 is 43.3 Å². The van der Waals surface area contributed by atoms with Crippen LogP contribution in [0.25, 0.3) is 10.8 Å². The van der Waals surface area contributed by atoms with E-state index in [2.05, 4.69) is 34.4 Å². The zero-order valence-electron chi connectivity index (χ0n) is 34.4. The maximum atomic E-state index is 13.1. The van der Waals surface area contributed by atoms with E-state index in [0.717, 1.165) is 51.1 Å². The largest absolute Gasteiger partial charge is 0.496 e. The molecule has 1 fully saturated rings. The molecule has 1 aliphatic rings. The molecule has 1 heterocycles. The van der Waals surface area contributed by atoms with Crippen molar-refractivity contribution < 1.29 is 47.9 Å². The molecule has 60 heavy (non-hydrogen) atoms. The summed E-state index contributed by atoms with van der Waals surface area (Å²) in [4.78, 5) is 28.2. The number of hydrogen-bond donors (Lipinski definition) is 1. The molecule has 4 unspecified atom stereocenters. The van der Waals surface area contributed by atoms with E-state index in [1.165, 1.54) is 0 Å². The minimum Gasteiger partial charge on any atom is -0.496 e. The highest BCUT2D eigenvalue weighted by Crippen LogP contribution is 2.34. The molecule has 1 saturated heterocycles. The number of nitrogens with zero attached hydrogens (tertiary/aromatic N) is 1. The first-order valence-corrected chi connectivity index (χ1v) is 20.3. The number of nitrogens with one attached hydrogen (secondary N) is 1. The van der Waals surface area contributed by atoms with Crippen LogP contribution in [-0.4, -0.2) is 76.5 Å². The Labute approximate surface area is 350 Å². The summed E-state index contributed by atoms with van der Waals surface area (Å²) in [5, 5.41) is 15.4. The van der Waals surface area contributed by atoms with Crippen molar-refractivity contribution in [2.75, 3.05) is 47.1 Å². The molecule has 0 radical (unpaired) electrons. The number of carbonyl (C=O) groups is 1. The fraction of sp³-hybridized carbons (Fsp3) is 0.383. The van der Waals surface area contributed by atoms with Crippen LogP contribution in [0.5, 0.6) is 17.2 Å². The number of hydrogen-bond acceptors (Lipinski definition) is 12. The van der Waals surface area contributed by atoms with Crippen LogP contribution < -0.4 is 19.5 Å². The van der Waals surface area contributed by atoms with Crippen molar-refractivity contribution in [3.05, 3.63) is 147 Å². The van der Waals surface area contributed by atoms with Gasteiger partial charge in [-0.1, -0.05) is 85.8 Å². The normalized spacial score (nSPS) is 16.8. The number of ether oxygens (including phenoxy) is 7. The minimum atomic E-state index is -0.842. The van der Waals surface area contributed by atoms with Gasteiger partial charge in [0.15, 0.2) is 0 Å². The van der Waals surface area contributed by atoms with E-state index in [1.54, 1.807) is 38.5 Å². The Balaban J connectivity index is 1.09. The van der Waals surface area contributed by atoms with Crippen LogP contribution in [0.15, 0.2) is 109 Å². The van der Waals surface area contributed by atoms with Crippen LogP contribution >= 0.6 is 0 Å². The van der Waals surface area contributed by atoms with Gasteiger partial charge in [-0.05, 0) is 64.4 Å². The smallest absolute Gasteiger partial charge is 0.310 e. The van der Waals surface area contributed by atoms with Crippen LogP contribution in [0.3, 0.4) is 0 Å². The Morgan fingerprint density at radius 1 is 0.783 bits per heavy atom. The predicted molar refractivity (Wildman–Crippen MR) is 226 cm³/mol. The lowest BCUT2D eigenvalue weighted by molar-refractivity contribution is -0.763. The number of rotatable bonds is 23. The van der Waals surface area contributed by atoms with E-state index in [1.807, 2.05) is 67.6 Å². The quantitative estimate of drug-likeness (QED) is 0.0297. The number of para-hydroxylation sites is 1. The van der Waals surface area contributed by atoms with Crippen LogP contribution in [-0.2, 0) is 54.8 Å². The van der Waals surface area contributed by atoms with Crippen molar-refractivity contribution >= 4 is 16.7 Å². The SMILES string of the molecule is CCC(COC1CNCC(OCc2cc(OC)c3ccccc3c2)C1c1ccc(OCCCOCc2ccccc2OC)cc1)OC(=O)Cc1cccc(CO[N+](=O)[O-])c1. The third-order valence-electron chi connectivity index (χ3n) is 10.4. The maximum absolute atomic E-state index is 13.1. The van der Waals surface area contributed by atoms with Gasteiger partial charge in [0.25, 0.3) is 5.09 Å². The molecule has 0 bridgehead atoms. The summed E-state index contributed by atoms with van der Waals surface area (Å²) >= 11 is 0. The number of benzene rings is 5.